The minimum atomic E-state index is 1.11. The number of anilines is 3. The Morgan fingerprint density at radius 3 is 1.86 bits per heavy atom. The zero-order valence-corrected chi connectivity index (χ0v) is 31.7. The minimum absolute atomic E-state index is 1.11. The lowest BCUT2D eigenvalue weighted by atomic mass is 10.00. The standard InChI is InChI=1S/C54H34N2S/c1-2-15-41(16-3-1)56-48-32-29-43(34-47(48)52-44-17-8-6-12-37(44)26-31-50(52)56)55(42-27-23-36(24-28-42)40-22-21-35-11-4-5-14-39(35)33-40)49-19-10-20-51-53(49)46-30-25-38-13-7-9-18-45(38)54(46)57-51/h1-34H. The lowest BCUT2D eigenvalue weighted by Crippen LogP contribution is -2.10. The molecule has 266 valence electrons. The first-order valence-corrected chi connectivity index (χ1v) is 20.3. The molecule has 2 heterocycles. The van der Waals surface area contributed by atoms with E-state index in [1.807, 2.05) is 11.3 Å². The lowest BCUT2D eigenvalue weighted by molar-refractivity contribution is 1.18. The van der Waals surface area contributed by atoms with Crippen LogP contribution in [0.25, 0.3) is 91.1 Å². The van der Waals surface area contributed by atoms with Gasteiger partial charge in [0.15, 0.2) is 0 Å². The Kier molecular flexibility index (Phi) is 7.13. The highest BCUT2D eigenvalue weighted by molar-refractivity contribution is 7.26. The summed E-state index contributed by atoms with van der Waals surface area (Å²) in [6, 6.07) is 75.8. The highest BCUT2D eigenvalue weighted by Crippen LogP contribution is 2.48. The number of para-hydroxylation sites is 1. The van der Waals surface area contributed by atoms with Gasteiger partial charge in [0, 0.05) is 48.0 Å². The van der Waals surface area contributed by atoms with Crippen LogP contribution in [0.15, 0.2) is 206 Å². The van der Waals surface area contributed by atoms with Crippen LogP contribution in [-0.4, -0.2) is 4.57 Å². The van der Waals surface area contributed by atoms with Crippen molar-refractivity contribution < 1.29 is 0 Å². The molecule has 0 atom stereocenters. The van der Waals surface area contributed by atoms with Gasteiger partial charge in [-0.2, -0.15) is 0 Å². The summed E-state index contributed by atoms with van der Waals surface area (Å²) >= 11 is 1.89. The molecule has 10 aromatic carbocycles. The fourth-order valence-electron chi connectivity index (χ4n) is 9.09. The largest absolute Gasteiger partial charge is 0.310 e. The zero-order chi connectivity index (χ0) is 37.5. The number of rotatable bonds is 5. The Labute approximate surface area is 333 Å². The molecule has 2 nitrogen and oxygen atoms in total. The number of fused-ring (bicyclic) bond motifs is 11. The molecule has 12 rings (SSSR count). The second-order valence-corrected chi connectivity index (χ2v) is 16.0. The van der Waals surface area contributed by atoms with Gasteiger partial charge in [-0.3, -0.25) is 0 Å². The van der Waals surface area contributed by atoms with Gasteiger partial charge in [-0.1, -0.05) is 140 Å². The quantitative estimate of drug-likeness (QED) is 0.170. The number of hydrogen-bond donors (Lipinski definition) is 0. The van der Waals surface area contributed by atoms with Crippen molar-refractivity contribution in [2.75, 3.05) is 4.90 Å². The average molecular weight is 743 g/mol. The van der Waals surface area contributed by atoms with Gasteiger partial charge in [0.2, 0.25) is 0 Å². The van der Waals surface area contributed by atoms with Crippen LogP contribution in [0.4, 0.5) is 17.1 Å². The Hall–Kier alpha value is -7.20. The summed E-state index contributed by atoms with van der Waals surface area (Å²) in [7, 11) is 0. The van der Waals surface area contributed by atoms with Crippen molar-refractivity contribution in [3.8, 4) is 16.8 Å². The summed E-state index contributed by atoms with van der Waals surface area (Å²) in [5, 5.41) is 12.6. The van der Waals surface area contributed by atoms with E-state index in [1.54, 1.807) is 0 Å². The minimum Gasteiger partial charge on any atom is -0.310 e. The maximum absolute atomic E-state index is 2.48. The van der Waals surface area contributed by atoms with E-state index in [4.69, 9.17) is 0 Å². The molecular formula is C54H34N2S. The van der Waals surface area contributed by atoms with Gasteiger partial charge >= 0.3 is 0 Å². The molecule has 0 radical (unpaired) electrons. The fourth-order valence-corrected chi connectivity index (χ4v) is 10.4. The van der Waals surface area contributed by atoms with Crippen LogP contribution in [0, 0.1) is 0 Å². The number of benzene rings is 10. The molecule has 0 spiro atoms. The molecule has 0 aliphatic heterocycles. The van der Waals surface area contributed by atoms with E-state index in [-0.39, 0.29) is 0 Å². The molecule has 0 aliphatic rings. The van der Waals surface area contributed by atoms with Crippen molar-refractivity contribution in [3.63, 3.8) is 0 Å². The predicted molar refractivity (Wildman–Crippen MR) is 246 cm³/mol. The third kappa shape index (κ3) is 5.03. The molecular weight excluding hydrogens is 709 g/mol. The highest BCUT2D eigenvalue weighted by atomic mass is 32.1. The Bertz CT molecular complexity index is 3520. The monoisotopic (exact) mass is 742 g/mol. The molecule has 0 unspecified atom stereocenters. The average Bonchev–Trinajstić information content (AvgIpc) is 3.84. The van der Waals surface area contributed by atoms with Crippen molar-refractivity contribution in [1.29, 1.82) is 0 Å². The maximum Gasteiger partial charge on any atom is 0.0554 e. The molecule has 0 amide bonds. The normalized spacial score (nSPS) is 11.9. The predicted octanol–water partition coefficient (Wildman–Crippen LogP) is 15.7. The van der Waals surface area contributed by atoms with Crippen molar-refractivity contribution in [3.05, 3.63) is 206 Å². The number of thiophene rings is 1. The van der Waals surface area contributed by atoms with Gasteiger partial charge in [-0.25, -0.2) is 0 Å². The molecule has 12 aromatic rings. The van der Waals surface area contributed by atoms with Crippen LogP contribution < -0.4 is 4.90 Å². The van der Waals surface area contributed by atoms with E-state index in [9.17, 15) is 0 Å². The van der Waals surface area contributed by atoms with Crippen LogP contribution in [-0.2, 0) is 0 Å². The van der Waals surface area contributed by atoms with E-state index in [1.165, 1.54) is 91.1 Å². The molecule has 0 N–H and O–H groups in total. The summed E-state index contributed by atoms with van der Waals surface area (Å²) in [6.07, 6.45) is 0. The first kappa shape index (κ1) is 32.1. The van der Waals surface area contributed by atoms with E-state index in [0.717, 1.165) is 17.1 Å². The molecule has 0 bridgehead atoms. The van der Waals surface area contributed by atoms with Crippen LogP contribution in [0.3, 0.4) is 0 Å². The first-order chi connectivity index (χ1) is 28.3. The SMILES string of the molecule is c1ccc(-n2c3ccc(N(c4ccc(-c5ccc6ccccc6c5)cc4)c4cccc5sc6c7ccccc7ccc6c45)cc3c3c4ccccc4ccc32)cc1. The highest BCUT2D eigenvalue weighted by Gasteiger charge is 2.22. The van der Waals surface area contributed by atoms with Crippen molar-refractivity contribution in [1.82, 2.24) is 4.57 Å². The Morgan fingerprint density at radius 2 is 1.02 bits per heavy atom. The van der Waals surface area contributed by atoms with Crippen LogP contribution in [0.2, 0.25) is 0 Å². The van der Waals surface area contributed by atoms with Crippen LogP contribution in [0.5, 0.6) is 0 Å². The number of nitrogens with zero attached hydrogens (tertiary/aromatic N) is 2. The fraction of sp³-hybridized carbons (Fsp3) is 0. The lowest BCUT2D eigenvalue weighted by Gasteiger charge is -2.27. The number of aromatic nitrogens is 1. The van der Waals surface area contributed by atoms with Crippen molar-refractivity contribution >= 4 is 103 Å². The third-order valence-corrected chi connectivity index (χ3v) is 12.9. The van der Waals surface area contributed by atoms with Gasteiger partial charge in [0.25, 0.3) is 0 Å². The molecule has 0 saturated carbocycles. The van der Waals surface area contributed by atoms with E-state index in [2.05, 4.69) is 216 Å². The Morgan fingerprint density at radius 1 is 0.368 bits per heavy atom. The zero-order valence-electron chi connectivity index (χ0n) is 30.9. The summed E-state index contributed by atoms with van der Waals surface area (Å²) in [6.45, 7) is 0. The van der Waals surface area contributed by atoms with Gasteiger partial charge in [0.1, 0.15) is 0 Å². The second-order valence-electron chi connectivity index (χ2n) is 14.9. The molecule has 0 fully saturated rings. The molecule has 57 heavy (non-hydrogen) atoms. The van der Waals surface area contributed by atoms with Gasteiger partial charge in [-0.15, -0.1) is 11.3 Å². The van der Waals surface area contributed by atoms with Crippen molar-refractivity contribution in [2.45, 2.75) is 0 Å². The molecule has 0 aliphatic carbocycles. The number of hydrogen-bond acceptors (Lipinski definition) is 2. The third-order valence-electron chi connectivity index (χ3n) is 11.7. The molecule has 3 heteroatoms. The van der Waals surface area contributed by atoms with Gasteiger partial charge < -0.3 is 9.47 Å². The smallest absolute Gasteiger partial charge is 0.0554 e. The van der Waals surface area contributed by atoms with E-state index < -0.39 is 0 Å². The summed E-state index contributed by atoms with van der Waals surface area (Å²) in [4.78, 5) is 2.48. The van der Waals surface area contributed by atoms with Crippen LogP contribution in [0.1, 0.15) is 0 Å². The summed E-state index contributed by atoms with van der Waals surface area (Å²) in [5.41, 5.74) is 9.36. The summed E-state index contributed by atoms with van der Waals surface area (Å²) < 4.78 is 5.03. The Balaban J connectivity index is 1.12. The maximum atomic E-state index is 2.48. The topological polar surface area (TPSA) is 8.17 Å². The first-order valence-electron chi connectivity index (χ1n) is 19.5. The van der Waals surface area contributed by atoms with E-state index in [0.29, 0.717) is 0 Å². The second kappa shape index (κ2) is 12.7. The van der Waals surface area contributed by atoms with Crippen LogP contribution >= 0.6 is 11.3 Å². The van der Waals surface area contributed by atoms with Gasteiger partial charge in [0.05, 0.1) is 16.7 Å². The van der Waals surface area contributed by atoms with Crippen molar-refractivity contribution in [2.24, 2.45) is 0 Å². The summed E-state index contributed by atoms with van der Waals surface area (Å²) in [5.74, 6) is 0. The molecule has 2 aromatic heterocycles. The molecule has 0 saturated heterocycles. The van der Waals surface area contributed by atoms with E-state index >= 15 is 0 Å². The van der Waals surface area contributed by atoms with Gasteiger partial charge in [-0.05, 0) is 110 Å².